The van der Waals surface area contributed by atoms with Crippen LogP contribution in [-0.2, 0) is 6.61 Å². The number of furan rings is 1. The fourth-order valence-electron chi connectivity index (χ4n) is 5.24. The van der Waals surface area contributed by atoms with Crippen molar-refractivity contribution in [3.05, 3.63) is 134 Å². The summed E-state index contributed by atoms with van der Waals surface area (Å²) in [5, 5.41) is 11.5. The number of nitrogens with two attached hydrogens (primary N) is 1. The molecule has 5 aromatic rings. The molecule has 4 aromatic carbocycles. The first-order chi connectivity index (χ1) is 20.7. The lowest BCUT2D eigenvalue weighted by Gasteiger charge is -2.27. The van der Waals surface area contributed by atoms with E-state index >= 15 is 0 Å². The molecule has 0 radical (unpaired) electrons. The van der Waals surface area contributed by atoms with Crippen LogP contribution >= 0.6 is 11.6 Å². The summed E-state index contributed by atoms with van der Waals surface area (Å²) < 4.78 is 23.5. The minimum Gasteiger partial charge on any atom is -0.489 e. The van der Waals surface area contributed by atoms with Gasteiger partial charge in [0.15, 0.2) is 0 Å². The van der Waals surface area contributed by atoms with Gasteiger partial charge < -0.3 is 24.4 Å². The minimum absolute atomic E-state index is 0.0186. The highest BCUT2D eigenvalue weighted by atomic mass is 35.5. The number of fused-ring (bicyclic) bond motifs is 2. The van der Waals surface area contributed by atoms with E-state index < -0.39 is 11.9 Å². The molecule has 0 fully saturated rings. The summed E-state index contributed by atoms with van der Waals surface area (Å²) in [5.41, 5.74) is 12.4. The first kappa shape index (κ1) is 28.0. The number of carbonyl (C=O) groups excluding carboxylic acids is 1. The van der Waals surface area contributed by atoms with Crippen LogP contribution in [0.25, 0.3) is 11.0 Å². The monoisotopic (exact) mass is 590 g/mol. The number of nitriles is 1. The highest BCUT2D eigenvalue weighted by Gasteiger charge is 2.32. The Balaban J connectivity index is 1.28. The van der Waals surface area contributed by atoms with Crippen LogP contribution in [0.1, 0.15) is 49.9 Å². The molecule has 0 bridgehead atoms. The lowest BCUT2D eigenvalue weighted by atomic mass is 9.83. The number of nitrogens with zero attached hydrogens (tertiary/aromatic N) is 1. The second kappa shape index (κ2) is 11.2. The third-order valence-corrected chi connectivity index (χ3v) is 7.97. The topological polar surface area (TPSA) is 108 Å². The molecule has 2 N–H and O–H groups in total. The maximum absolute atomic E-state index is 13.2. The van der Waals surface area contributed by atoms with Crippen molar-refractivity contribution in [2.24, 2.45) is 5.73 Å². The number of rotatable bonds is 6. The number of benzene rings is 4. The van der Waals surface area contributed by atoms with Crippen LogP contribution in [0.2, 0.25) is 5.02 Å². The van der Waals surface area contributed by atoms with Crippen LogP contribution in [0.5, 0.6) is 17.2 Å². The van der Waals surface area contributed by atoms with Gasteiger partial charge in [-0.05, 0) is 73.4 Å². The molecule has 1 aliphatic heterocycles. The smallest absolute Gasteiger partial charge is 0.379 e. The lowest BCUT2D eigenvalue weighted by Crippen LogP contribution is -2.21. The summed E-state index contributed by atoms with van der Waals surface area (Å²) in [6.07, 6.45) is 0. The molecule has 0 saturated heterocycles. The van der Waals surface area contributed by atoms with Gasteiger partial charge in [0.25, 0.3) is 0 Å². The van der Waals surface area contributed by atoms with E-state index in [0.717, 1.165) is 27.6 Å². The molecule has 0 aliphatic carbocycles. The van der Waals surface area contributed by atoms with Crippen molar-refractivity contribution < 1.29 is 23.4 Å². The standard InChI is InChI=1S/C35H27ClN2O5/c1-19-7-13-27-21(3)33(43-32(27)20(19)2)35(39)41-26-12-14-28-30(16-26)42-34(38)29(17-37)31(28)23-5-4-6-25(15-23)40-18-22-8-10-24(36)11-9-22/h4-16,31H,18,38H2,1-3H3. The first-order valence-electron chi connectivity index (χ1n) is 13.6. The zero-order valence-electron chi connectivity index (χ0n) is 23.7. The Labute approximate surface area is 253 Å². The Morgan fingerprint density at radius 2 is 1.77 bits per heavy atom. The number of carbonyl (C=O) groups is 1. The van der Waals surface area contributed by atoms with E-state index in [1.165, 1.54) is 0 Å². The molecular weight excluding hydrogens is 564 g/mol. The molecular formula is C35H27ClN2O5. The van der Waals surface area contributed by atoms with E-state index in [9.17, 15) is 10.1 Å². The summed E-state index contributed by atoms with van der Waals surface area (Å²) in [5.74, 6) is 0.257. The van der Waals surface area contributed by atoms with Crippen LogP contribution in [0, 0.1) is 32.1 Å². The average molecular weight is 591 g/mol. The zero-order valence-corrected chi connectivity index (χ0v) is 24.5. The zero-order chi connectivity index (χ0) is 30.2. The van der Waals surface area contributed by atoms with Crippen molar-refractivity contribution >= 4 is 28.5 Å². The number of hydrogen-bond donors (Lipinski definition) is 1. The summed E-state index contributed by atoms with van der Waals surface area (Å²) in [6.45, 7) is 6.14. The maximum Gasteiger partial charge on any atom is 0.379 e. The Bertz CT molecular complexity index is 1970. The summed E-state index contributed by atoms with van der Waals surface area (Å²) in [4.78, 5) is 13.2. The predicted octanol–water partition coefficient (Wildman–Crippen LogP) is 8.03. The highest BCUT2D eigenvalue weighted by molar-refractivity contribution is 6.30. The van der Waals surface area contributed by atoms with Crippen LogP contribution < -0.4 is 19.9 Å². The number of aryl methyl sites for hydroxylation is 3. The predicted molar refractivity (Wildman–Crippen MR) is 163 cm³/mol. The quantitative estimate of drug-likeness (QED) is 0.157. The van der Waals surface area contributed by atoms with E-state index in [2.05, 4.69) is 6.07 Å². The third kappa shape index (κ3) is 5.29. The van der Waals surface area contributed by atoms with Crippen molar-refractivity contribution in [1.29, 1.82) is 5.26 Å². The number of esters is 1. The molecule has 0 saturated carbocycles. The molecule has 1 unspecified atom stereocenters. The van der Waals surface area contributed by atoms with Gasteiger partial charge in [-0.2, -0.15) is 5.26 Å². The van der Waals surface area contributed by atoms with Crippen LogP contribution in [-0.4, -0.2) is 5.97 Å². The number of halogens is 1. The average Bonchev–Trinajstić information content (AvgIpc) is 3.35. The number of hydrogen-bond acceptors (Lipinski definition) is 7. The van der Waals surface area contributed by atoms with Crippen molar-refractivity contribution in [1.82, 2.24) is 0 Å². The molecule has 1 aromatic heterocycles. The van der Waals surface area contributed by atoms with Crippen molar-refractivity contribution in [2.45, 2.75) is 33.3 Å². The van der Waals surface area contributed by atoms with Gasteiger partial charge >= 0.3 is 5.97 Å². The van der Waals surface area contributed by atoms with Crippen LogP contribution in [0.3, 0.4) is 0 Å². The molecule has 214 valence electrons. The van der Waals surface area contributed by atoms with Gasteiger partial charge in [-0.1, -0.05) is 54.1 Å². The molecule has 6 rings (SSSR count). The Kier molecular flexibility index (Phi) is 7.31. The minimum atomic E-state index is -0.621. The molecule has 2 heterocycles. The van der Waals surface area contributed by atoms with E-state index in [0.29, 0.717) is 39.8 Å². The molecule has 43 heavy (non-hydrogen) atoms. The maximum atomic E-state index is 13.2. The normalized spacial score (nSPS) is 14.2. The van der Waals surface area contributed by atoms with Gasteiger partial charge in [-0.3, -0.25) is 0 Å². The van der Waals surface area contributed by atoms with E-state index in [4.69, 9.17) is 36.0 Å². The molecule has 1 aliphatic rings. The van der Waals surface area contributed by atoms with Crippen molar-refractivity contribution in [2.75, 3.05) is 0 Å². The van der Waals surface area contributed by atoms with Crippen molar-refractivity contribution in [3.8, 4) is 23.3 Å². The first-order valence-corrected chi connectivity index (χ1v) is 14.0. The fraction of sp³-hybridized carbons (Fsp3) is 0.143. The van der Waals surface area contributed by atoms with Gasteiger partial charge in [0.05, 0.1) is 5.92 Å². The van der Waals surface area contributed by atoms with E-state index in [-0.39, 0.29) is 23.0 Å². The van der Waals surface area contributed by atoms with Gasteiger partial charge in [-0.15, -0.1) is 0 Å². The third-order valence-electron chi connectivity index (χ3n) is 7.72. The Hall–Kier alpha value is -5.19. The van der Waals surface area contributed by atoms with Gasteiger partial charge in [0.2, 0.25) is 11.6 Å². The SMILES string of the molecule is Cc1ccc2c(C)c(C(=O)Oc3ccc4c(c3)OC(N)=C(C#N)C4c3cccc(OCc4ccc(Cl)cc4)c3)oc2c1C. The summed E-state index contributed by atoms with van der Waals surface area (Å²) in [7, 11) is 0. The Morgan fingerprint density at radius 3 is 2.53 bits per heavy atom. The molecule has 0 spiro atoms. The second-order valence-electron chi connectivity index (χ2n) is 10.4. The number of allylic oxidation sites excluding steroid dienone is 1. The molecule has 1 atom stereocenters. The van der Waals surface area contributed by atoms with Gasteiger partial charge in [-0.25, -0.2) is 4.79 Å². The fourth-order valence-corrected chi connectivity index (χ4v) is 5.37. The summed E-state index contributed by atoms with van der Waals surface area (Å²) in [6, 6.07) is 26.1. The Morgan fingerprint density at radius 1 is 0.977 bits per heavy atom. The second-order valence-corrected chi connectivity index (χ2v) is 10.9. The molecule has 7 nitrogen and oxygen atoms in total. The largest absolute Gasteiger partial charge is 0.489 e. The van der Waals surface area contributed by atoms with Crippen molar-refractivity contribution in [3.63, 3.8) is 0 Å². The molecule has 0 amide bonds. The van der Waals surface area contributed by atoms with Crippen LogP contribution in [0.15, 0.2) is 94.7 Å². The van der Waals surface area contributed by atoms with Crippen LogP contribution in [0.4, 0.5) is 0 Å². The molecule has 8 heteroatoms. The van der Waals surface area contributed by atoms with E-state index in [1.807, 2.05) is 81.4 Å². The number of ether oxygens (including phenoxy) is 3. The van der Waals surface area contributed by atoms with Gasteiger partial charge in [0.1, 0.15) is 41.1 Å². The van der Waals surface area contributed by atoms with Gasteiger partial charge in [0, 0.05) is 27.6 Å². The van der Waals surface area contributed by atoms with E-state index in [1.54, 1.807) is 18.2 Å². The summed E-state index contributed by atoms with van der Waals surface area (Å²) >= 11 is 5.99. The highest BCUT2D eigenvalue weighted by Crippen LogP contribution is 2.44. The lowest BCUT2D eigenvalue weighted by molar-refractivity contribution is 0.0702.